The molecule has 0 saturated heterocycles. The molecule has 4 N–H and O–H groups in total. The molecule has 0 atom stereocenters. The van der Waals surface area contributed by atoms with Gasteiger partial charge in [-0.2, -0.15) is 0 Å². The highest BCUT2D eigenvalue weighted by Gasteiger charge is 2.27. The maximum Gasteiger partial charge on any atom is 0.336 e. The van der Waals surface area contributed by atoms with E-state index in [1.54, 1.807) is 0 Å². The second-order valence-electron chi connectivity index (χ2n) is 6.07. The number of benzene rings is 2. The van der Waals surface area contributed by atoms with Gasteiger partial charge in [0.15, 0.2) is 0 Å². The maximum absolute atomic E-state index is 12.3. The number of amides is 1. The van der Waals surface area contributed by atoms with Gasteiger partial charge in [-0.25, -0.2) is 15.1 Å². The normalized spacial score (nSPS) is 10.4. The minimum absolute atomic E-state index is 0.0855. The highest BCUT2D eigenvalue weighted by Crippen LogP contribution is 2.24. The number of aromatic carboxylic acids is 2. The van der Waals surface area contributed by atoms with Gasteiger partial charge in [0.1, 0.15) is 12.2 Å². The molecule has 2 aromatic carbocycles. The summed E-state index contributed by atoms with van der Waals surface area (Å²) in [5.41, 5.74) is -0.400. The highest BCUT2D eigenvalue weighted by atomic mass is 16.6. The molecule has 0 saturated carbocycles. The van der Waals surface area contributed by atoms with E-state index < -0.39 is 56.8 Å². The third-order valence-corrected chi connectivity index (χ3v) is 4.11. The average molecular weight is 448 g/mol. The number of nitro groups is 2. The maximum atomic E-state index is 12.3. The van der Waals surface area contributed by atoms with E-state index in [1.807, 2.05) is 0 Å². The number of hydrogen-bond donors (Lipinski definition) is 4. The van der Waals surface area contributed by atoms with E-state index >= 15 is 0 Å². The van der Waals surface area contributed by atoms with Crippen LogP contribution >= 0.6 is 0 Å². The van der Waals surface area contributed by atoms with Gasteiger partial charge in [0.05, 0.1) is 26.5 Å². The van der Waals surface area contributed by atoms with Crippen LogP contribution in [0, 0.1) is 20.2 Å². The zero-order chi connectivity index (χ0) is 23.8. The third-order valence-electron chi connectivity index (χ3n) is 4.11. The van der Waals surface area contributed by atoms with E-state index in [0.29, 0.717) is 0 Å². The monoisotopic (exact) mass is 448 g/mol. The van der Waals surface area contributed by atoms with Crippen LogP contribution in [0.15, 0.2) is 36.4 Å². The predicted octanol–water partition coefficient (Wildman–Crippen LogP) is 1.35. The van der Waals surface area contributed by atoms with E-state index in [9.17, 15) is 34.6 Å². The molecule has 0 aliphatic rings. The average Bonchev–Trinajstić information content (AvgIpc) is 2.74. The fourth-order valence-electron chi connectivity index (χ4n) is 2.72. The van der Waals surface area contributed by atoms with Crippen molar-refractivity contribution in [3.8, 4) is 0 Å². The molecule has 32 heavy (non-hydrogen) atoms. The Morgan fingerprint density at radius 3 is 2.00 bits per heavy atom. The third kappa shape index (κ3) is 5.59. The molecule has 14 heteroatoms. The van der Waals surface area contributed by atoms with Gasteiger partial charge in [-0.1, -0.05) is 12.1 Å². The van der Waals surface area contributed by atoms with Crippen molar-refractivity contribution in [3.05, 3.63) is 78.9 Å². The lowest BCUT2D eigenvalue weighted by atomic mass is 10.0. The van der Waals surface area contributed by atoms with Crippen LogP contribution in [0.4, 0.5) is 11.4 Å². The summed E-state index contributed by atoms with van der Waals surface area (Å²) >= 11 is 0. The summed E-state index contributed by atoms with van der Waals surface area (Å²) in [6.07, 6.45) is 0. The lowest BCUT2D eigenvalue weighted by molar-refractivity contribution is -0.386. The van der Waals surface area contributed by atoms with E-state index in [2.05, 4.69) is 10.8 Å². The first-order valence-electron chi connectivity index (χ1n) is 8.78. The molecule has 0 bridgehead atoms. The zero-order valence-electron chi connectivity index (χ0n) is 16.1. The van der Waals surface area contributed by atoms with Crippen molar-refractivity contribution in [3.63, 3.8) is 0 Å². The molecular weight excluding hydrogens is 432 g/mol. The molecular formula is C18H16N4O10. The lowest BCUT2D eigenvalue weighted by Crippen LogP contribution is -2.33. The molecule has 2 aromatic rings. The van der Waals surface area contributed by atoms with Crippen molar-refractivity contribution in [2.45, 2.75) is 6.61 Å². The minimum atomic E-state index is -1.51. The van der Waals surface area contributed by atoms with Crippen molar-refractivity contribution in [1.82, 2.24) is 10.8 Å². The molecule has 0 aliphatic heterocycles. The van der Waals surface area contributed by atoms with Gasteiger partial charge in [-0.3, -0.25) is 29.9 Å². The Morgan fingerprint density at radius 2 is 1.44 bits per heavy atom. The number of nitro benzene ring substituents is 2. The van der Waals surface area contributed by atoms with Crippen LogP contribution in [0.1, 0.15) is 36.6 Å². The summed E-state index contributed by atoms with van der Waals surface area (Å²) in [4.78, 5) is 60.4. The Balaban J connectivity index is 1.97. The summed E-state index contributed by atoms with van der Waals surface area (Å²) in [5.74, 6) is -3.89. The Hall–Kier alpha value is -4.43. The second-order valence-corrected chi connectivity index (χ2v) is 6.07. The number of nitrogens with one attached hydrogen (secondary N) is 2. The molecule has 0 heterocycles. The Kier molecular flexibility index (Phi) is 7.86. The van der Waals surface area contributed by atoms with Crippen LogP contribution in [0.5, 0.6) is 0 Å². The van der Waals surface area contributed by atoms with E-state index in [1.165, 1.54) is 12.1 Å². The number of carbonyl (C=O) groups is 3. The molecule has 14 nitrogen and oxygen atoms in total. The summed E-state index contributed by atoms with van der Waals surface area (Å²) in [6, 6.07) is 6.72. The predicted molar refractivity (Wildman–Crippen MR) is 105 cm³/mol. The summed E-state index contributed by atoms with van der Waals surface area (Å²) in [6.45, 7) is -0.718. The largest absolute Gasteiger partial charge is 0.478 e. The summed E-state index contributed by atoms with van der Waals surface area (Å²) in [7, 11) is 0. The first-order valence-corrected chi connectivity index (χ1v) is 8.78. The first kappa shape index (κ1) is 23.8. The molecule has 0 spiro atoms. The highest BCUT2D eigenvalue weighted by molar-refractivity contribution is 6.07. The van der Waals surface area contributed by atoms with Crippen molar-refractivity contribution in [2.24, 2.45) is 0 Å². The SMILES string of the molecule is O=C(O)c1cccc([N+](=O)[O-])c1CONCCNC(=O)c1c(C(=O)O)cccc1[N+](=O)[O-]. The second kappa shape index (κ2) is 10.6. The molecule has 0 aromatic heterocycles. The lowest BCUT2D eigenvalue weighted by Gasteiger charge is -2.10. The number of rotatable bonds is 11. The van der Waals surface area contributed by atoms with E-state index in [0.717, 1.165) is 24.3 Å². The van der Waals surface area contributed by atoms with Crippen LogP contribution in [-0.4, -0.2) is 51.0 Å². The van der Waals surface area contributed by atoms with Gasteiger partial charge < -0.3 is 15.5 Å². The Bertz CT molecular complexity index is 1020. The van der Waals surface area contributed by atoms with Crippen LogP contribution in [0.3, 0.4) is 0 Å². The smallest absolute Gasteiger partial charge is 0.336 e. The number of hydrogen-bond acceptors (Lipinski definition) is 9. The van der Waals surface area contributed by atoms with Crippen molar-refractivity contribution in [1.29, 1.82) is 0 Å². The van der Waals surface area contributed by atoms with Crippen LogP contribution < -0.4 is 10.8 Å². The number of nitrogens with zero attached hydrogens (tertiary/aromatic N) is 2. The topological polar surface area (TPSA) is 211 Å². The quantitative estimate of drug-likeness (QED) is 0.219. The minimum Gasteiger partial charge on any atom is -0.478 e. The van der Waals surface area contributed by atoms with Crippen LogP contribution in [0.2, 0.25) is 0 Å². The summed E-state index contributed by atoms with van der Waals surface area (Å²) < 4.78 is 0. The standard InChI is InChI=1S/C18H16N4O10/c23-16(15-11(18(26)27)4-2-6-14(15)22(30)31)19-7-8-20-32-9-12-10(17(24)25)3-1-5-13(12)21(28)29/h1-6,20H,7-9H2,(H,19,23)(H,24,25)(H,26,27). The molecule has 0 aliphatic carbocycles. The van der Waals surface area contributed by atoms with E-state index in [-0.39, 0.29) is 24.2 Å². The number of carboxylic acids is 2. The number of carboxylic acid groups (broad SMARTS) is 2. The van der Waals surface area contributed by atoms with Gasteiger partial charge in [-0.05, 0) is 12.1 Å². The first-order chi connectivity index (χ1) is 15.1. The zero-order valence-corrected chi connectivity index (χ0v) is 16.1. The molecule has 0 unspecified atom stereocenters. The number of carbonyl (C=O) groups excluding carboxylic acids is 1. The van der Waals surface area contributed by atoms with Crippen LogP contribution in [-0.2, 0) is 11.4 Å². The van der Waals surface area contributed by atoms with Crippen molar-refractivity contribution in [2.75, 3.05) is 13.1 Å². The van der Waals surface area contributed by atoms with Gasteiger partial charge >= 0.3 is 11.9 Å². The molecule has 0 radical (unpaired) electrons. The Labute approximate surface area is 178 Å². The molecule has 0 fully saturated rings. The Morgan fingerprint density at radius 1 is 0.875 bits per heavy atom. The molecule has 168 valence electrons. The van der Waals surface area contributed by atoms with Crippen molar-refractivity contribution < 1.29 is 39.3 Å². The molecule has 2 rings (SSSR count). The van der Waals surface area contributed by atoms with Crippen LogP contribution in [0.25, 0.3) is 0 Å². The fraction of sp³-hybridized carbons (Fsp3) is 0.167. The number of hydroxylamine groups is 1. The summed E-state index contributed by atoms with van der Waals surface area (Å²) in [5, 5.41) is 42.8. The van der Waals surface area contributed by atoms with Gasteiger partial charge in [0.2, 0.25) is 0 Å². The fourth-order valence-corrected chi connectivity index (χ4v) is 2.72. The van der Waals surface area contributed by atoms with Gasteiger partial charge in [-0.15, -0.1) is 0 Å². The van der Waals surface area contributed by atoms with Gasteiger partial charge in [0, 0.05) is 25.2 Å². The molecule has 1 amide bonds. The van der Waals surface area contributed by atoms with Gasteiger partial charge in [0.25, 0.3) is 17.3 Å². The van der Waals surface area contributed by atoms with E-state index in [4.69, 9.17) is 15.1 Å². The van der Waals surface area contributed by atoms with Crippen molar-refractivity contribution >= 4 is 29.2 Å².